The summed E-state index contributed by atoms with van der Waals surface area (Å²) < 4.78 is 5.91. The van der Waals surface area contributed by atoms with E-state index in [1.54, 1.807) is 21.3 Å². The summed E-state index contributed by atoms with van der Waals surface area (Å²) in [5, 5.41) is 0. The second-order valence-corrected chi connectivity index (χ2v) is 7.95. The van der Waals surface area contributed by atoms with Crippen LogP contribution in [0.15, 0.2) is 57.1 Å². The average Bonchev–Trinajstić information content (AvgIpc) is 3.35. The molecule has 4 heterocycles. The predicted octanol–water partition coefficient (Wildman–Crippen LogP) is 1.13. The molecule has 4 aromatic rings. The highest BCUT2D eigenvalue weighted by Crippen LogP contribution is 2.05. The molecule has 0 saturated heterocycles. The monoisotopic (exact) mass is 568 g/mol. The van der Waals surface area contributed by atoms with Gasteiger partial charge in [0, 0.05) is 19.6 Å². The molecule has 4 aromatic heterocycles. The summed E-state index contributed by atoms with van der Waals surface area (Å²) in [7, 11) is 0. The quantitative estimate of drug-likeness (QED) is 0.186. The standard InChI is InChI=1S/C10H12N4O2.C8H8N4O2.C2H5I/c1-3-5-13-6-11-8-7(13)9(15)12-10(16)14(8)4-2;1-2-3-12-4-9-6-5(12)7(13)11-8(14)10-6;1-2-3/h3,6H,1,4-5H2,2H3,(H,12,15,16);2,4H,1,3H2,(H2,10,11,13,14);2H2,1H3. The molecule has 3 N–H and O–H groups in total. The molecule has 0 spiro atoms. The summed E-state index contributed by atoms with van der Waals surface area (Å²) in [4.78, 5) is 60.3. The molecular weight excluding hydrogens is 543 g/mol. The first-order chi connectivity index (χ1) is 15.8. The molecule has 0 amide bonds. The maximum atomic E-state index is 11.7. The van der Waals surface area contributed by atoms with Gasteiger partial charge in [-0.1, -0.05) is 41.7 Å². The highest BCUT2D eigenvalue weighted by atomic mass is 127. The maximum Gasteiger partial charge on any atom is 0.330 e. The smallest absolute Gasteiger partial charge is 0.321 e. The van der Waals surface area contributed by atoms with Gasteiger partial charge in [-0.3, -0.25) is 29.1 Å². The Balaban J connectivity index is 0.000000210. The van der Waals surface area contributed by atoms with Gasteiger partial charge in [0.25, 0.3) is 11.1 Å². The molecule has 0 saturated carbocycles. The van der Waals surface area contributed by atoms with Crippen molar-refractivity contribution in [2.45, 2.75) is 33.5 Å². The SMILES string of the molecule is C=CCn1cnc2[nH]c(=O)[nH]c(=O)c21.C=CCn1cnc2c1c(=O)[nH]c(=O)n2CC.CCI. The number of aromatic nitrogens is 8. The van der Waals surface area contributed by atoms with Gasteiger partial charge in [-0.2, -0.15) is 0 Å². The third kappa shape index (κ3) is 5.85. The van der Waals surface area contributed by atoms with Crippen molar-refractivity contribution in [3.8, 4) is 0 Å². The number of alkyl halides is 1. The van der Waals surface area contributed by atoms with Crippen LogP contribution in [-0.4, -0.2) is 43.0 Å². The molecule has 0 bridgehead atoms. The van der Waals surface area contributed by atoms with E-state index < -0.39 is 22.5 Å². The highest BCUT2D eigenvalue weighted by molar-refractivity contribution is 14.1. The fraction of sp³-hybridized carbons (Fsp3) is 0.300. The minimum Gasteiger partial charge on any atom is -0.321 e. The molecule has 0 aliphatic rings. The van der Waals surface area contributed by atoms with E-state index in [-0.39, 0.29) is 0 Å². The van der Waals surface area contributed by atoms with Crippen molar-refractivity contribution in [3.05, 3.63) is 79.6 Å². The summed E-state index contributed by atoms with van der Waals surface area (Å²) in [5.74, 6) is 0. The second kappa shape index (κ2) is 11.9. The third-order valence-corrected chi connectivity index (χ3v) is 4.23. The van der Waals surface area contributed by atoms with Gasteiger partial charge >= 0.3 is 11.4 Å². The van der Waals surface area contributed by atoms with Crippen LogP contribution in [0.25, 0.3) is 22.3 Å². The van der Waals surface area contributed by atoms with Gasteiger partial charge in [0.1, 0.15) is 0 Å². The van der Waals surface area contributed by atoms with E-state index in [2.05, 4.69) is 67.6 Å². The van der Waals surface area contributed by atoms with Gasteiger partial charge in [-0.05, 0) is 11.4 Å². The number of nitrogens with one attached hydrogen (secondary N) is 3. The zero-order chi connectivity index (χ0) is 24.5. The molecule has 33 heavy (non-hydrogen) atoms. The van der Waals surface area contributed by atoms with Gasteiger partial charge in [-0.25, -0.2) is 19.6 Å². The topological polar surface area (TPSA) is 156 Å². The van der Waals surface area contributed by atoms with Gasteiger partial charge in [-0.15, -0.1) is 13.2 Å². The molecular formula is C20H25IN8O4. The lowest BCUT2D eigenvalue weighted by Crippen LogP contribution is -2.30. The Morgan fingerprint density at radius 3 is 2.03 bits per heavy atom. The average molecular weight is 568 g/mol. The Kier molecular flexibility index (Phi) is 9.32. The van der Waals surface area contributed by atoms with E-state index in [9.17, 15) is 19.2 Å². The van der Waals surface area contributed by atoms with Crippen molar-refractivity contribution in [3.63, 3.8) is 0 Å². The number of halogens is 1. The van der Waals surface area contributed by atoms with E-state index in [1.165, 1.54) is 21.6 Å². The van der Waals surface area contributed by atoms with Crippen LogP contribution < -0.4 is 22.5 Å². The van der Waals surface area contributed by atoms with Crippen LogP contribution in [0.5, 0.6) is 0 Å². The lowest BCUT2D eigenvalue weighted by atomic mass is 10.5. The summed E-state index contributed by atoms with van der Waals surface area (Å²) in [6.07, 6.45) is 6.33. The molecule has 12 nitrogen and oxygen atoms in total. The first-order valence-electron chi connectivity index (χ1n) is 9.95. The molecule has 13 heteroatoms. The van der Waals surface area contributed by atoms with Crippen LogP contribution in [0.1, 0.15) is 13.8 Å². The van der Waals surface area contributed by atoms with Crippen LogP contribution in [0, 0.1) is 0 Å². The zero-order valence-electron chi connectivity index (χ0n) is 18.3. The molecule has 0 aliphatic heterocycles. The number of aromatic amines is 3. The van der Waals surface area contributed by atoms with Crippen molar-refractivity contribution in [2.24, 2.45) is 0 Å². The van der Waals surface area contributed by atoms with Crippen LogP contribution in [0.2, 0.25) is 0 Å². The second-order valence-electron chi connectivity index (χ2n) is 6.42. The molecule has 0 aliphatic carbocycles. The van der Waals surface area contributed by atoms with Crippen molar-refractivity contribution >= 4 is 44.9 Å². The Hall–Kier alpha value is -3.49. The largest absolute Gasteiger partial charge is 0.330 e. The van der Waals surface area contributed by atoms with Gasteiger partial charge < -0.3 is 9.13 Å². The van der Waals surface area contributed by atoms with Crippen LogP contribution in [0.4, 0.5) is 0 Å². The number of rotatable bonds is 5. The van der Waals surface area contributed by atoms with Crippen molar-refractivity contribution < 1.29 is 0 Å². The Morgan fingerprint density at radius 1 is 0.909 bits per heavy atom. The number of nitrogens with zero attached hydrogens (tertiary/aromatic N) is 5. The van der Waals surface area contributed by atoms with E-state index >= 15 is 0 Å². The van der Waals surface area contributed by atoms with E-state index in [1.807, 2.05) is 6.92 Å². The van der Waals surface area contributed by atoms with Crippen LogP contribution in [0.3, 0.4) is 0 Å². The summed E-state index contributed by atoms with van der Waals surface area (Å²) in [5.41, 5.74) is -0.369. The van der Waals surface area contributed by atoms with E-state index in [0.29, 0.717) is 42.0 Å². The highest BCUT2D eigenvalue weighted by Gasteiger charge is 2.11. The number of hydrogen-bond acceptors (Lipinski definition) is 6. The molecule has 0 fully saturated rings. The van der Waals surface area contributed by atoms with Crippen LogP contribution in [-0.2, 0) is 19.6 Å². The number of hydrogen-bond donors (Lipinski definition) is 3. The normalized spacial score (nSPS) is 10.3. The summed E-state index contributed by atoms with van der Waals surface area (Å²) >= 11 is 2.29. The third-order valence-electron chi connectivity index (χ3n) is 4.23. The molecule has 176 valence electrons. The Morgan fingerprint density at radius 2 is 1.45 bits per heavy atom. The lowest BCUT2D eigenvalue weighted by Gasteiger charge is -2.02. The van der Waals surface area contributed by atoms with Gasteiger partial charge in [0.15, 0.2) is 22.3 Å². The summed E-state index contributed by atoms with van der Waals surface area (Å²) in [6.45, 7) is 12.5. The summed E-state index contributed by atoms with van der Waals surface area (Å²) in [6, 6.07) is 0. The number of allylic oxidation sites excluding steroid dienone is 2. The molecule has 0 radical (unpaired) electrons. The van der Waals surface area contributed by atoms with Crippen molar-refractivity contribution in [2.75, 3.05) is 4.43 Å². The fourth-order valence-electron chi connectivity index (χ4n) is 2.98. The number of aryl methyl sites for hydroxylation is 1. The Bertz CT molecular complexity index is 1480. The fourth-order valence-corrected chi connectivity index (χ4v) is 2.98. The molecule has 0 aromatic carbocycles. The van der Waals surface area contributed by atoms with Crippen LogP contribution >= 0.6 is 22.6 Å². The lowest BCUT2D eigenvalue weighted by molar-refractivity contribution is 0.718. The molecule has 4 rings (SSSR count). The zero-order valence-corrected chi connectivity index (χ0v) is 20.5. The number of H-pyrrole nitrogens is 3. The minimum absolute atomic E-state index is 0.292. The minimum atomic E-state index is -0.550. The first kappa shape index (κ1) is 25.8. The van der Waals surface area contributed by atoms with Gasteiger partial charge in [0.2, 0.25) is 0 Å². The van der Waals surface area contributed by atoms with Crippen molar-refractivity contribution in [1.29, 1.82) is 0 Å². The number of fused-ring (bicyclic) bond motifs is 2. The van der Waals surface area contributed by atoms with Crippen molar-refractivity contribution in [1.82, 2.24) is 38.6 Å². The molecule has 0 atom stereocenters. The maximum absolute atomic E-state index is 11.7. The first-order valence-corrected chi connectivity index (χ1v) is 11.5. The molecule has 0 unspecified atom stereocenters. The predicted molar refractivity (Wildman–Crippen MR) is 136 cm³/mol. The number of imidazole rings is 2. The van der Waals surface area contributed by atoms with E-state index in [4.69, 9.17) is 0 Å². The Labute approximate surface area is 200 Å². The van der Waals surface area contributed by atoms with Gasteiger partial charge in [0.05, 0.1) is 12.7 Å². The van der Waals surface area contributed by atoms with E-state index in [0.717, 1.165) is 0 Å².